The molecule has 4 aromatic rings. The maximum absolute atomic E-state index is 13.9. The highest BCUT2D eigenvalue weighted by molar-refractivity contribution is 9.10. The van der Waals surface area contributed by atoms with Crippen LogP contribution < -0.4 is 24.4 Å². The Bertz CT molecular complexity index is 1760. The van der Waals surface area contributed by atoms with Crippen LogP contribution in [0.4, 0.5) is 0 Å². The monoisotopic (exact) mass is 598 g/mol. The quantitative estimate of drug-likeness (QED) is 0.272. The van der Waals surface area contributed by atoms with Crippen molar-refractivity contribution in [3.63, 3.8) is 0 Å². The molecule has 1 atom stereocenters. The molecule has 196 valence electrons. The van der Waals surface area contributed by atoms with Gasteiger partial charge in [0.1, 0.15) is 11.5 Å². The molecule has 1 aliphatic heterocycles. The number of benzene rings is 3. The molecule has 0 saturated carbocycles. The molecular weight excluding hydrogens is 572 g/mol. The van der Waals surface area contributed by atoms with E-state index in [1.807, 2.05) is 59.2 Å². The van der Waals surface area contributed by atoms with Crippen LogP contribution in [0.1, 0.15) is 42.0 Å². The molecule has 7 heteroatoms. The summed E-state index contributed by atoms with van der Waals surface area (Å²) in [6, 6.07) is 23.9. The Hall–Kier alpha value is -3.68. The van der Waals surface area contributed by atoms with E-state index in [2.05, 4.69) is 46.3 Å². The van der Waals surface area contributed by atoms with Crippen LogP contribution in [-0.2, 0) is 0 Å². The predicted molar refractivity (Wildman–Crippen MR) is 160 cm³/mol. The molecule has 0 N–H and O–H groups in total. The number of allylic oxidation sites excluding steroid dienone is 2. The van der Waals surface area contributed by atoms with E-state index in [1.165, 1.54) is 22.5 Å². The maximum atomic E-state index is 13.9. The summed E-state index contributed by atoms with van der Waals surface area (Å²) in [6.07, 6.45) is 7.02. The van der Waals surface area contributed by atoms with E-state index >= 15 is 0 Å². The van der Waals surface area contributed by atoms with Crippen LogP contribution in [0, 0.1) is 0 Å². The van der Waals surface area contributed by atoms with Gasteiger partial charge in [0.15, 0.2) is 4.80 Å². The highest BCUT2D eigenvalue weighted by Gasteiger charge is 2.32. The molecule has 0 spiro atoms. The van der Waals surface area contributed by atoms with Crippen molar-refractivity contribution in [2.24, 2.45) is 4.99 Å². The fourth-order valence-electron chi connectivity index (χ4n) is 5.25. The number of aromatic nitrogens is 1. The molecule has 0 unspecified atom stereocenters. The second kappa shape index (κ2) is 10.8. The largest absolute Gasteiger partial charge is 0.497 e. The summed E-state index contributed by atoms with van der Waals surface area (Å²) in [6.45, 7) is 0. The standard InChI is InChI=1S/C32H27BrN2O3S/c1-37-25-14-8-20(9-15-25)18-23-4-3-5-27-29(23)34-32-35(30(27)22-10-16-26(38-2)17-11-22)31(36)28(39-32)19-21-6-12-24(33)13-7-21/h6-19,30H,3-5H2,1-2H3/b23-18+,28-19-/t30-/m1/s1. The lowest BCUT2D eigenvalue weighted by Gasteiger charge is -2.31. The molecule has 3 aromatic carbocycles. The first kappa shape index (κ1) is 25.6. The normalized spacial score (nSPS) is 18.0. The van der Waals surface area contributed by atoms with Gasteiger partial charge in [0, 0.05) is 4.47 Å². The van der Waals surface area contributed by atoms with Gasteiger partial charge < -0.3 is 9.47 Å². The number of thiazole rings is 1. The van der Waals surface area contributed by atoms with E-state index in [-0.39, 0.29) is 11.6 Å². The second-order valence-corrected chi connectivity index (χ2v) is 11.5. The maximum Gasteiger partial charge on any atom is 0.271 e. The third-order valence-electron chi connectivity index (χ3n) is 7.19. The Kier molecular flexibility index (Phi) is 7.11. The molecule has 0 saturated heterocycles. The minimum atomic E-state index is -0.214. The summed E-state index contributed by atoms with van der Waals surface area (Å²) >= 11 is 4.94. The molecule has 1 aliphatic carbocycles. The Morgan fingerprint density at radius 2 is 1.49 bits per heavy atom. The van der Waals surface area contributed by atoms with Gasteiger partial charge in [-0.05, 0) is 95.6 Å². The smallest absolute Gasteiger partial charge is 0.271 e. The number of hydrogen-bond donors (Lipinski definition) is 0. The molecule has 0 bridgehead atoms. The average Bonchev–Trinajstić information content (AvgIpc) is 3.28. The second-order valence-electron chi connectivity index (χ2n) is 9.58. The van der Waals surface area contributed by atoms with Crippen molar-refractivity contribution in [1.82, 2.24) is 4.57 Å². The lowest BCUT2D eigenvalue weighted by atomic mass is 9.84. The summed E-state index contributed by atoms with van der Waals surface area (Å²) in [5.74, 6) is 1.62. The number of methoxy groups -OCH3 is 2. The molecule has 5 nitrogen and oxygen atoms in total. The highest BCUT2D eigenvalue weighted by Crippen LogP contribution is 2.41. The summed E-state index contributed by atoms with van der Waals surface area (Å²) < 4.78 is 14.3. The van der Waals surface area contributed by atoms with Crippen LogP contribution in [0.2, 0.25) is 0 Å². The molecular formula is C32H27BrN2O3S. The first-order valence-electron chi connectivity index (χ1n) is 12.8. The summed E-state index contributed by atoms with van der Waals surface area (Å²) in [5, 5.41) is 0. The third-order valence-corrected chi connectivity index (χ3v) is 8.70. The molecule has 1 aromatic heterocycles. The van der Waals surface area contributed by atoms with Crippen LogP contribution in [0.5, 0.6) is 11.5 Å². The number of halogens is 1. The fraction of sp³-hybridized carbons (Fsp3) is 0.188. The van der Waals surface area contributed by atoms with Gasteiger partial charge in [0.2, 0.25) is 0 Å². The zero-order chi connectivity index (χ0) is 26.9. The van der Waals surface area contributed by atoms with E-state index in [9.17, 15) is 4.79 Å². The Labute approximate surface area is 239 Å². The number of fused-ring (bicyclic) bond motifs is 1. The van der Waals surface area contributed by atoms with E-state index in [1.54, 1.807) is 14.2 Å². The SMILES string of the molecule is COc1ccc(/C=C2\CCCC3=C2N=c2s/c(=C\c4ccc(Br)cc4)c(=O)n2[C@@H]3c2ccc(OC)cc2)cc1. The molecule has 6 rings (SSSR count). The Balaban J connectivity index is 1.54. The van der Waals surface area contributed by atoms with E-state index < -0.39 is 0 Å². The highest BCUT2D eigenvalue weighted by atomic mass is 79.9. The van der Waals surface area contributed by atoms with Crippen LogP contribution in [0.3, 0.4) is 0 Å². The minimum Gasteiger partial charge on any atom is -0.497 e. The van der Waals surface area contributed by atoms with E-state index in [4.69, 9.17) is 14.5 Å². The van der Waals surface area contributed by atoms with Gasteiger partial charge in [-0.25, -0.2) is 4.99 Å². The van der Waals surface area contributed by atoms with Crippen molar-refractivity contribution < 1.29 is 9.47 Å². The van der Waals surface area contributed by atoms with E-state index in [0.717, 1.165) is 62.4 Å². The van der Waals surface area contributed by atoms with Crippen LogP contribution >= 0.6 is 27.3 Å². The van der Waals surface area contributed by atoms with Gasteiger partial charge in [-0.3, -0.25) is 9.36 Å². The van der Waals surface area contributed by atoms with Gasteiger partial charge in [-0.15, -0.1) is 0 Å². The molecule has 2 aliphatic rings. The Morgan fingerprint density at radius 1 is 0.872 bits per heavy atom. The third kappa shape index (κ3) is 5.04. The zero-order valence-electron chi connectivity index (χ0n) is 21.7. The predicted octanol–water partition coefficient (Wildman–Crippen LogP) is 6.26. The van der Waals surface area contributed by atoms with Crippen molar-refractivity contribution in [2.45, 2.75) is 25.3 Å². The van der Waals surface area contributed by atoms with Crippen molar-refractivity contribution in [1.29, 1.82) is 0 Å². The molecule has 2 heterocycles. The summed E-state index contributed by atoms with van der Waals surface area (Å²) in [7, 11) is 3.34. The number of ether oxygens (including phenoxy) is 2. The van der Waals surface area contributed by atoms with Gasteiger partial charge in [-0.2, -0.15) is 0 Å². The number of hydrogen-bond acceptors (Lipinski definition) is 5. The zero-order valence-corrected chi connectivity index (χ0v) is 24.1. The van der Waals surface area contributed by atoms with E-state index in [0.29, 0.717) is 4.53 Å². The molecule has 0 fully saturated rings. The van der Waals surface area contributed by atoms with Crippen molar-refractivity contribution in [3.8, 4) is 11.5 Å². The summed E-state index contributed by atoms with van der Waals surface area (Å²) in [4.78, 5) is 19.8. The average molecular weight is 600 g/mol. The van der Waals surface area contributed by atoms with Gasteiger partial charge >= 0.3 is 0 Å². The molecule has 0 radical (unpaired) electrons. The topological polar surface area (TPSA) is 52.8 Å². The Morgan fingerprint density at radius 3 is 2.15 bits per heavy atom. The summed E-state index contributed by atoms with van der Waals surface area (Å²) in [5.41, 5.74) is 6.52. The van der Waals surface area contributed by atoms with Gasteiger partial charge in [0.05, 0.1) is 30.5 Å². The van der Waals surface area contributed by atoms with Crippen LogP contribution in [0.25, 0.3) is 12.2 Å². The van der Waals surface area contributed by atoms with Crippen molar-refractivity contribution >= 4 is 39.4 Å². The number of nitrogens with zero attached hydrogens (tertiary/aromatic N) is 2. The van der Waals surface area contributed by atoms with Gasteiger partial charge in [0.25, 0.3) is 5.56 Å². The molecule has 0 amide bonds. The van der Waals surface area contributed by atoms with Crippen molar-refractivity contribution in [2.75, 3.05) is 14.2 Å². The first-order valence-corrected chi connectivity index (χ1v) is 14.4. The first-order chi connectivity index (χ1) is 19.0. The van der Waals surface area contributed by atoms with Gasteiger partial charge in [-0.1, -0.05) is 63.7 Å². The fourth-order valence-corrected chi connectivity index (χ4v) is 6.52. The lowest BCUT2D eigenvalue weighted by Crippen LogP contribution is -2.39. The van der Waals surface area contributed by atoms with Crippen molar-refractivity contribution in [3.05, 3.63) is 130 Å². The van der Waals surface area contributed by atoms with Crippen LogP contribution in [0.15, 0.2) is 104 Å². The minimum absolute atomic E-state index is 0.0136. The lowest BCUT2D eigenvalue weighted by molar-refractivity contribution is 0.414. The molecule has 39 heavy (non-hydrogen) atoms. The van der Waals surface area contributed by atoms with Crippen LogP contribution in [-0.4, -0.2) is 18.8 Å². The number of rotatable bonds is 5.